The fourth-order valence-electron chi connectivity index (χ4n) is 2.22. The summed E-state index contributed by atoms with van der Waals surface area (Å²) in [5.74, 6) is 2.66. The van der Waals surface area contributed by atoms with E-state index in [0.717, 1.165) is 16.9 Å². The van der Waals surface area contributed by atoms with Crippen molar-refractivity contribution >= 4 is 11.8 Å². The van der Waals surface area contributed by atoms with Crippen LogP contribution in [0.1, 0.15) is 11.1 Å². The summed E-state index contributed by atoms with van der Waals surface area (Å²) in [5.41, 5.74) is 8.02. The van der Waals surface area contributed by atoms with Crippen molar-refractivity contribution in [2.75, 3.05) is 33.2 Å². The van der Waals surface area contributed by atoms with Crippen LogP contribution in [0.5, 0.6) is 11.5 Å². The van der Waals surface area contributed by atoms with Crippen LogP contribution in [0.3, 0.4) is 0 Å². The van der Waals surface area contributed by atoms with Crippen LogP contribution in [-0.2, 0) is 13.1 Å². The maximum absolute atomic E-state index is 5.95. The zero-order valence-electron chi connectivity index (χ0n) is 15.1. The van der Waals surface area contributed by atoms with Crippen molar-refractivity contribution in [2.24, 2.45) is 10.7 Å². The summed E-state index contributed by atoms with van der Waals surface area (Å²) < 4.78 is 10.5. The van der Waals surface area contributed by atoms with Gasteiger partial charge in [0.15, 0.2) is 17.5 Å². The summed E-state index contributed by atoms with van der Waals surface area (Å²) in [6.07, 6.45) is 1.78. The molecule has 0 fully saturated rings. The minimum Gasteiger partial charge on any atom is -0.493 e. The van der Waals surface area contributed by atoms with E-state index in [1.807, 2.05) is 49.3 Å². The van der Waals surface area contributed by atoms with E-state index in [9.17, 15) is 0 Å². The average molecular weight is 343 g/mol. The average Bonchev–Trinajstić information content (AvgIpc) is 2.64. The normalized spacial score (nSPS) is 11.1. The van der Waals surface area contributed by atoms with Gasteiger partial charge in [0.05, 0.1) is 20.8 Å². The van der Waals surface area contributed by atoms with Gasteiger partial charge in [-0.05, 0) is 35.4 Å². The molecule has 2 rings (SSSR count). The first-order valence-corrected chi connectivity index (χ1v) is 7.90. The van der Waals surface area contributed by atoms with Crippen LogP contribution in [-0.4, -0.2) is 39.3 Å². The van der Waals surface area contributed by atoms with Crippen molar-refractivity contribution in [2.45, 2.75) is 13.1 Å². The molecule has 134 valence electrons. The van der Waals surface area contributed by atoms with E-state index in [0.29, 0.717) is 30.5 Å². The molecule has 0 atom stereocenters. The third-order valence-corrected chi connectivity index (χ3v) is 3.62. The molecule has 3 N–H and O–H groups in total. The number of nitrogens with zero attached hydrogens (tertiary/aromatic N) is 3. The Hall–Kier alpha value is -2.96. The molecule has 0 aliphatic rings. The van der Waals surface area contributed by atoms with Gasteiger partial charge in [-0.2, -0.15) is 0 Å². The minimum absolute atomic E-state index is 0.387. The summed E-state index contributed by atoms with van der Waals surface area (Å²) in [5, 5.41) is 3.11. The fraction of sp³-hybridized carbons (Fsp3) is 0.333. The van der Waals surface area contributed by atoms with Crippen molar-refractivity contribution in [3.05, 3.63) is 47.7 Å². The Morgan fingerprint density at radius 1 is 1.12 bits per heavy atom. The number of pyridine rings is 1. The van der Waals surface area contributed by atoms with Gasteiger partial charge in [-0.15, -0.1) is 0 Å². The maximum Gasteiger partial charge on any atom is 0.189 e. The Labute approximate surface area is 148 Å². The molecule has 2 aromatic rings. The lowest BCUT2D eigenvalue weighted by Crippen LogP contribution is -2.31. The van der Waals surface area contributed by atoms with Crippen LogP contribution < -0.4 is 25.4 Å². The molecule has 0 radical (unpaired) electrons. The Morgan fingerprint density at radius 3 is 2.56 bits per heavy atom. The van der Waals surface area contributed by atoms with Gasteiger partial charge in [0.25, 0.3) is 0 Å². The molecule has 0 amide bonds. The maximum atomic E-state index is 5.95. The van der Waals surface area contributed by atoms with Gasteiger partial charge in [-0.3, -0.25) is 0 Å². The number of ether oxygens (including phenoxy) is 2. The van der Waals surface area contributed by atoms with Gasteiger partial charge in [0.2, 0.25) is 0 Å². The van der Waals surface area contributed by atoms with Crippen molar-refractivity contribution in [1.82, 2.24) is 10.3 Å². The summed E-state index contributed by atoms with van der Waals surface area (Å²) in [6.45, 7) is 1.04. The van der Waals surface area contributed by atoms with Crippen molar-refractivity contribution in [1.29, 1.82) is 0 Å². The lowest BCUT2D eigenvalue weighted by atomic mass is 10.2. The molecule has 0 bridgehead atoms. The molecule has 0 aliphatic carbocycles. The number of methoxy groups -OCH3 is 2. The highest BCUT2D eigenvalue weighted by Crippen LogP contribution is 2.27. The number of nitrogens with one attached hydrogen (secondary N) is 1. The fourth-order valence-corrected chi connectivity index (χ4v) is 2.22. The quantitative estimate of drug-likeness (QED) is 0.589. The third kappa shape index (κ3) is 5.27. The molecule has 25 heavy (non-hydrogen) atoms. The molecule has 1 aromatic heterocycles. The topological polar surface area (TPSA) is 85.0 Å². The summed E-state index contributed by atoms with van der Waals surface area (Å²) in [4.78, 5) is 10.6. The Bertz CT molecular complexity index is 731. The Kier molecular flexibility index (Phi) is 6.45. The molecular weight excluding hydrogens is 318 g/mol. The van der Waals surface area contributed by atoms with Crippen molar-refractivity contribution in [3.63, 3.8) is 0 Å². The second-order valence-electron chi connectivity index (χ2n) is 5.66. The second-order valence-corrected chi connectivity index (χ2v) is 5.66. The van der Waals surface area contributed by atoms with Crippen LogP contribution in [0.15, 0.2) is 41.5 Å². The first-order chi connectivity index (χ1) is 12.0. The van der Waals surface area contributed by atoms with E-state index in [1.54, 1.807) is 20.4 Å². The Balaban J connectivity index is 1.95. The van der Waals surface area contributed by atoms with Crippen LogP contribution in [0.2, 0.25) is 0 Å². The molecule has 7 nitrogen and oxygen atoms in total. The van der Waals surface area contributed by atoms with Crippen molar-refractivity contribution < 1.29 is 9.47 Å². The summed E-state index contributed by atoms with van der Waals surface area (Å²) in [7, 11) is 7.13. The number of guanidine groups is 1. The van der Waals surface area contributed by atoms with E-state index in [2.05, 4.69) is 15.3 Å². The predicted octanol–water partition coefficient (Wildman–Crippen LogP) is 1.77. The van der Waals surface area contributed by atoms with Crippen LogP contribution >= 0.6 is 0 Å². The zero-order chi connectivity index (χ0) is 18.2. The van der Waals surface area contributed by atoms with Crippen LogP contribution in [0.4, 0.5) is 5.82 Å². The first kappa shape index (κ1) is 18.4. The van der Waals surface area contributed by atoms with E-state index in [1.165, 1.54) is 0 Å². The lowest BCUT2D eigenvalue weighted by Gasteiger charge is -2.12. The SMILES string of the molecule is COc1ccc(CN=C(N)NCc2ccnc(N(C)C)c2)cc1OC. The van der Waals surface area contributed by atoms with E-state index in [4.69, 9.17) is 15.2 Å². The van der Waals surface area contributed by atoms with E-state index < -0.39 is 0 Å². The zero-order valence-corrected chi connectivity index (χ0v) is 15.1. The molecule has 0 aliphatic heterocycles. The molecule has 0 saturated carbocycles. The van der Waals surface area contributed by atoms with E-state index in [-0.39, 0.29) is 0 Å². The molecule has 0 unspecified atom stereocenters. The largest absolute Gasteiger partial charge is 0.493 e. The molecule has 7 heteroatoms. The summed E-state index contributed by atoms with van der Waals surface area (Å²) in [6, 6.07) is 9.63. The van der Waals surface area contributed by atoms with Gasteiger partial charge in [-0.25, -0.2) is 9.98 Å². The van der Waals surface area contributed by atoms with Gasteiger partial charge >= 0.3 is 0 Å². The molecule has 0 saturated heterocycles. The molecule has 0 spiro atoms. The predicted molar refractivity (Wildman–Crippen MR) is 100 cm³/mol. The van der Waals surface area contributed by atoms with Crippen molar-refractivity contribution in [3.8, 4) is 11.5 Å². The third-order valence-electron chi connectivity index (χ3n) is 3.62. The van der Waals surface area contributed by atoms with Gasteiger partial charge in [-0.1, -0.05) is 6.07 Å². The first-order valence-electron chi connectivity index (χ1n) is 7.90. The summed E-state index contributed by atoms with van der Waals surface area (Å²) >= 11 is 0. The second kappa shape index (κ2) is 8.77. The number of rotatable bonds is 7. The lowest BCUT2D eigenvalue weighted by molar-refractivity contribution is 0.354. The highest BCUT2D eigenvalue weighted by atomic mass is 16.5. The molecule has 1 heterocycles. The number of hydrogen-bond donors (Lipinski definition) is 2. The molecule has 1 aromatic carbocycles. The van der Waals surface area contributed by atoms with Crippen LogP contribution in [0, 0.1) is 0 Å². The van der Waals surface area contributed by atoms with Gasteiger partial charge in [0.1, 0.15) is 5.82 Å². The highest BCUT2D eigenvalue weighted by Gasteiger charge is 2.04. The van der Waals surface area contributed by atoms with Gasteiger partial charge in [0, 0.05) is 26.8 Å². The highest BCUT2D eigenvalue weighted by molar-refractivity contribution is 5.77. The standard InChI is InChI=1S/C18H25N5O2/c1-23(2)17-10-14(7-8-20-17)12-22-18(19)21-11-13-5-6-15(24-3)16(9-13)25-4/h5-10H,11-12H2,1-4H3,(H3,19,21,22). The van der Waals surface area contributed by atoms with E-state index >= 15 is 0 Å². The number of anilines is 1. The number of aromatic nitrogens is 1. The minimum atomic E-state index is 0.387. The number of benzene rings is 1. The number of hydrogen-bond acceptors (Lipinski definition) is 5. The number of aliphatic imine (C=N–C) groups is 1. The smallest absolute Gasteiger partial charge is 0.189 e. The van der Waals surface area contributed by atoms with Crippen LogP contribution in [0.25, 0.3) is 0 Å². The monoisotopic (exact) mass is 343 g/mol. The van der Waals surface area contributed by atoms with Gasteiger partial charge < -0.3 is 25.4 Å². The Morgan fingerprint density at radius 2 is 1.88 bits per heavy atom. The molecular formula is C18H25N5O2. The number of nitrogens with two attached hydrogens (primary N) is 1.